The van der Waals surface area contributed by atoms with Crippen LogP contribution in [0.1, 0.15) is 45.9 Å². The summed E-state index contributed by atoms with van der Waals surface area (Å²) < 4.78 is 33.9. The van der Waals surface area contributed by atoms with Gasteiger partial charge in [0, 0.05) is 5.48 Å². The highest BCUT2D eigenvalue weighted by atomic mass is 16.6. The standard InChI is InChI=1S/C10H18O4/c1-5-7(9(12)13)6-8(11)14-10(2,3)4/h7H,5-6H2,1-4H3,(H,12,13)/t7-/m0/s1/i1+1D2,5+1D,6+1,7+1D,8+1/t5-,7-. The van der Waals surface area contributed by atoms with Crippen molar-refractivity contribution < 1.29 is 24.9 Å². The lowest BCUT2D eigenvalue weighted by Crippen LogP contribution is -2.27. The number of hydrogen-bond donors (Lipinski definition) is 1. The number of carbonyl (C=O) groups is 2. The molecule has 0 radical (unpaired) electrons. The second-order valence-electron chi connectivity index (χ2n) is 3.76. The van der Waals surface area contributed by atoms with E-state index in [1.54, 1.807) is 20.8 Å². The molecule has 0 rings (SSSR count). The third kappa shape index (κ3) is 5.56. The van der Waals surface area contributed by atoms with E-state index >= 15 is 0 Å². The zero-order valence-electron chi connectivity index (χ0n) is 12.5. The van der Waals surface area contributed by atoms with Crippen LogP contribution in [0.4, 0.5) is 0 Å². The molecule has 4 nitrogen and oxygen atoms in total. The Morgan fingerprint density at radius 2 is 2.21 bits per heavy atom. The molecule has 0 aliphatic rings. The summed E-state index contributed by atoms with van der Waals surface area (Å²) in [6, 6.07) is 0. The van der Waals surface area contributed by atoms with E-state index in [1.807, 2.05) is 0 Å². The summed E-state index contributed by atoms with van der Waals surface area (Å²) in [4.78, 5) is 22.5. The molecule has 0 saturated heterocycles. The summed E-state index contributed by atoms with van der Waals surface area (Å²) in [6.45, 7) is 2.94. The van der Waals surface area contributed by atoms with Crippen molar-refractivity contribution in [1.82, 2.24) is 0 Å². The van der Waals surface area contributed by atoms with Crippen molar-refractivity contribution in [1.29, 1.82) is 0 Å². The van der Waals surface area contributed by atoms with E-state index in [4.69, 9.17) is 15.3 Å². The van der Waals surface area contributed by atoms with Gasteiger partial charge < -0.3 is 9.84 Å². The van der Waals surface area contributed by atoms with Gasteiger partial charge in [0.2, 0.25) is 0 Å². The molecule has 14 heavy (non-hydrogen) atoms. The molecule has 0 saturated carbocycles. The highest BCUT2D eigenvalue weighted by molar-refractivity contribution is 5.78. The molecule has 0 fully saturated rings. The Kier molecular flexibility index (Phi) is 2.58. The monoisotopic (exact) mass is 211 g/mol. The van der Waals surface area contributed by atoms with E-state index in [-0.39, 0.29) is 0 Å². The molecule has 0 aromatic rings. The number of carboxylic acids is 1. The first-order valence-corrected chi connectivity index (χ1v) is 4.12. The van der Waals surface area contributed by atoms with E-state index in [2.05, 4.69) is 0 Å². The predicted molar refractivity (Wildman–Crippen MR) is 51.9 cm³/mol. The largest absolute Gasteiger partial charge is 0.481 e. The first kappa shape index (κ1) is 7.26. The molecule has 82 valence electrons. The third-order valence-electron chi connectivity index (χ3n) is 1.23. The van der Waals surface area contributed by atoms with Crippen LogP contribution in [0.15, 0.2) is 0 Å². The molecule has 0 aliphatic heterocycles. The van der Waals surface area contributed by atoms with Gasteiger partial charge in [-0.1, -0.05) is 6.88 Å². The van der Waals surface area contributed by atoms with Gasteiger partial charge >= 0.3 is 11.9 Å². The van der Waals surface area contributed by atoms with Crippen LogP contribution in [0.3, 0.4) is 0 Å². The lowest BCUT2D eigenvalue weighted by atomic mass is 10.2. The molecule has 0 bridgehead atoms. The van der Waals surface area contributed by atoms with Crippen LogP contribution in [-0.4, -0.2) is 22.6 Å². The summed E-state index contributed by atoms with van der Waals surface area (Å²) in [5.41, 5.74) is -0.824. The molecule has 0 aromatic heterocycles. The minimum Gasteiger partial charge on any atom is -0.481 e. The molecule has 0 aromatic carbocycles. The fraction of sp³-hybridized carbons (Fsp3) is 0.800. The van der Waals surface area contributed by atoms with E-state index < -0.39 is 43.1 Å². The number of hydrogen-bond acceptors (Lipinski definition) is 3. The Morgan fingerprint density at radius 1 is 1.64 bits per heavy atom. The van der Waals surface area contributed by atoms with Crippen LogP contribution in [-0.2, 0) is 14.3 Å². The highest BCUT2D eigenvalue weighted by Crippen LogP contribution is 2.14. The van der Waals surface area contributed by atoms with E-state index in [9.17, 15) is 9.59 Å². The van der Waals surface area contributed by atoms with Crippen LogP contribution < -0.4 is 0 Å². The number of carbonyl (C=O) groups excluding carboxylic acids is 1. The molecule has 0 amide bonds. The van der Waals surface area contributed by atoms with Gasteiger partial charge in [0.1, 0.15) is 5.60 Å². The van der Waals surface area contributed by atoms with Gasteiger partial charge in [0.05, 0.1) is 12.3 Å². The van der Waals surface area contributed by atoms with Crippen LogP contribution in [0, 0.1) is 5.89 Å². The zero-order chi connectivity index (χ0) is 14.7. The fourth-order valence-electron chi connectivity index (χ4n) is 0.739. The van der Waals surface area contributed by atoms with Gasteiger partial charge in [-0.3, -0.25) is 9.59 Å². The van der Waals surface area contributed by atoms with Crippen LogP contribution in [0.5, 0.6) is 0 Å². The Balaban J connectivity index is 4.95. The topological polar surface area (TPSA) is 63.6 Å². The summed E-state index contributed by atoms with van der Waals surface area (Å²) >= 11 is 0. The minimum absolute atomic E-state index is 0.824. The first-order valence-electron chi connectivity index (χ1n) is 6.35. The number of carboxylic acid groups (broad SMARTS) is 1. The molecule has 0 unspecified atom stereocenters. The SMILES string of the molecule is [2H][13CH]([2H])[13C@H]([2H])[13C@@]([2H])([13CH2][13C](=O)OC(C)(C)C)C(=O)O. The minimum atomic E-state index is -2.55. The average molecular weight is 211 g/mol. The second kappa shape index (κ2) is 4.98. The molecule has 1 N–H and O–H groups in total. The summed E-state index contributed by atoms with van der Waals surface area (Å²) in [5.74, 6) is -5.19. The Hall–Kier alpha value is -1.06. The number of esters is 1. The predicted octanol–water partition coefficient (Wildman–Crippen LogP) is 1.83. The van der Waals surface area contributed by atoms with Gasteiger partial charge in [0.25, 0.3) is 0 Å². The number of rotatable bonds is 4. The van der Waals surface area contributed by atoms with Crippen molar-refractivity contribution in [2.75, 3.05) is 0 Å². The summed E-state index contributed by atoms with van der Waals surface area (Å²) in [5, 5.41) is 8.92. The first-order chi connectivity index (χ1) is 7.90. The highest BCUT2D eigenvalue weighted by Gasteiger charge is 2.23. The molecular formula is C10H18O4. The van der Waals surface area contributed by atoms with Gasteiger partial charge in [0.15, 0.2) is 0 Å². The van der Waals surface area contributed by atoms with Gasteiger partial charge in [-0.2, -0.15) is 0 Å². The van der Waals surface area contributed by atoms with Gasteiger partial charge in [-0.25, -0.2) is 0 Å². The maximum Gasteiger partial charge on any atom is 0.307 e. The van der Waals surface area contributed by atoms with Crippen LogP contribution in [0.2, 0.25) is 0 Å². The Labute approximate surface area is 89.9 Å². The number of ether oxygens (including phenoxy) is 1. The van der Waals surface area contributed by atoms with E-state index in [1.165, 1.54) is 0 Å². The van der Waals surface area contributed by atoms with Crippen molar-refractivity contribution in [3.05, 3.63) is 0 Å². The lowest BCUT2D eigenvalue weighted by molar-refractivity contribution is -0.159. The van der Waals surface area contributed by atoms with Crippen LogP contribution in [0.25, 0.3) is 0 Å². The fourth-order valence-corrected chi connectivity index (χ4v) is 0.739. The van der Waals surface area contributed by atoms with Crippen molar-refractivity contribution in [2.24, 2.45) is 5.89 Å². The summed E-state index contributed by atoms with van der Waals surface area (Å²) in [7, 11) is 0. The maximum absolute atomic E-state index is 11.5. The number of aliphatic carboxylic acids is 1. The van der Waals surface area contributed by atoms with Crippen molar-refractivity contribution >= 4 is 11.9 Å². The van der Waals surface area contributed by atoms with Gasteiger partial charge in [-0.15, -0.1) is 0 Å². The van der Waals surface area contributed by atoms with Crippen LogP contribution >= 0.6 is 0 Å². The third-order valence-corrected chi connectivity index (χ3v) is 1.23. The van der Waals surface area contributed by atoms with Crippen molar-refractivity contribution in [3.8, 4) is 0 Å². The van der Waals surface area contributed by atoms with E-state index in [0.717, 1.165) is 0 Å². The normalized spacial score (nSPS) is 22.3. The quantitative estimate of drug-likeness (QED) is 0.569. The summed E-state index contributed by atoms with van der Waals surface area (Å²) in [6.07, 6.45) is -2.72. The Bertz CT molecular complexity index is 326. The lowest BCUT2D eigenvalue weighted by Gasteiger charge is -2.20. The zero-order valence-corrected chi connectivity index (χ0v) is 8.53. The smallest absolute Gasteiger partial charge is 0.307 e. The van der Waals surface area contributed by atoms with Gasteiger partial charge in [-0.05, 0) is 27.2 Å². The molecular weight excluding hydrogens is 189 g/mol. The van der Waals surface area contributed by atoms with Crippen molar-refractivity contribution in [2.45, 2.75) is 46.1 Å². The molecule has 2 atom stereocenters. The molecule has 0 heterocycles. The second-order valence-corrected chi connectivity index (χ2v) is 3.76. The molecule has 0 spiro atoms. The van der Waals surface area contributed by atoms with Crippen molar-refractivity contribution in [3.63, 3.8) is 0 Å². The molecule has 4 heteroatoms. The van der Waals surface area contributed by atoms with E-state index in [0.29, 0.717) is 0 Å². The average Bonchev–Trinajstić information content (AvgIpc) is 2.12. The molecule has 0 aliphatic carbocycles. The maximum atomic E-state index is 11.5. The Morgan fingerprint density at radius 3 is 2.57 bits per heavy atom.